The first-order chi connectivity index (χ1) is 11.3. The SMILES string of the molecule is C=C1OCC(c2ccc(-c3ccccc3)cc2)=N/C1=C/C=C\C. The van der Waals surface area contributed by atoms with Gasteiger partial charge in [-0.25, -0.2) is 4.99 Å². The topological polar surface area (TPSA) is 21.6 Å². The second kappa shape index (κ2) is 6.93. The number of allylic oxidation sites excluding steroid dienone is 3. The molecule has 0 amide bonds. The van der Waals surface area contributed by atoms with E-state index in [-0.39, 0.29) is 0 Å². The van der Waals surface area contributed by atoms with E-state index in [1.165, 1.54) is 11.1 Å². The Morgan fingerprint density at radius 2 is 1.61 bits per heavy atom. The molecular formula is C21H19NO. The van der Waals surface area contributed by atoms with E-state index in [1.807, 2.05) is 43.4 Å². The summed E-state index contributed by atoms with van der Waals surface area (Å²) < 4.78 is 5.64. The standard InChI is InChI=1S/C21H19NO/c1-3-4-10-20-16(2)23-15-21(22-20)19-13-11-18(12-14-19)17-8-6-5-7-9-17/h3-14H,2,15H2,1H3/b4-3-,20-10+. The minimum Gasteiger partial charge on any atom is -0.486 e. The summed E-state index contributed by atoms with van der Waals surface area (Å²) in [6.07, 6.45) is 5.81. The first kappa shape index (κ1) is 15.0. The normalized spacial score (nSPS) is 16.5. The number of hydrogen-bond acceptors (Lipinski definition) is 2. The summed E-state index contributed by atoms with van der Waals surface area (Å²) in [5.41, 5.74) is 5.18. The molecule has 1 aliphatic rings. The second-order valence-corrected chi connectivity index (χ2v) is 5.29. The molecule has 114 valence electrons. The maximum Gasteiger partial charge on any atom is 0.138 e. The fourth-order valence-electron chi connectivity index (χ4n) is 2.42. The average molecular weight is 301 g/mol. The molecule has 0 bridgehead atoms. The van der Waals surface area contributed by atoms with E-state index < -0.39 is 0 Å². The fourth-order valence-corrected chi connectivity index (χ4v) is 2.42. The van der Waals surface area contributed by atoms with Gasteiger partial charge >= 0.3 is 0 Å². The van der Waals surface area contributed by atoms with Crippen molar-refractivity contribution in [2.24, 2.45) is 4.99 Å². The summed E-state index contributed by atoms with van der Waals surface area (Å²) >= 11 is 0. The van der Waals surface area contributed by atoms with Crippen molar-refractivity contribution in [1.29, 1.82) is 0 Å². The van der Waals surface area contributed by atoms with Crippen LogP contribution < -0.4 is 0 Å². The van der Waals surface area contributed by atoms with Crippen LogP contribution in [-0.4, -0.2) is 12.3 Å². The van der Waals surface area contributed by atoms with Gasteiger partial charge in [-0.1, -0.05) is 73.3 Å². The van der Waals surface area contributed by atoms with Gasteiger partial charge in [0.25, 0.3) is 0 Å². The van der Waals surface area contributed by atoms with E-state index in [0.717, 1.165) is 17.0 Å². The lowest BCUT2D eigenvalue weighted by molar-refractivity contribution is 0.262. The van der Waals surface area contributed by atoms with Crippen LogP contribution in [0, 0.1) is 0 Å². The van der Waals surface area contributed by atoms with Crippen molar-refractivity contribution < 1.29 is 4.74 Å². The van der Waals surface area contributed by atoms with Crippen molar-refractivity contribution in [3.8, 4) is 11.1 Å². The van der Waals surface area contributed by atoms with Crippen LogP contribution in [0.15, 0.2) is 95.9 Å². The molecule has 0 saturated heterocycles. The minimum absolute atomic E-state index is 0.455. The van der Waals surface area contributed by atoms with E-state index in [9.17, 15) is 0 Å². The Kier molecular flexibility index (Phi) is 4.53. The van der Waals surface area contributed by atoms with Crippen LogP contribution >= 0.6 is 0 Å². The maximum atomic E-state index is 5.64. The molecule has 1 heterocycles. The zero-order valence-electron chi connectivity index (χ0n) is 13.2. The number of ether oxygens (including phenoxy) is 1. The van der Waals surface area contributed by atoms with E-state index in [2.05, 4.69) is 48.0 Å². The zero-order chi connectivity index (χ0) is 16.1. The number of benzene rings is 2. The molecule has 0 aromatic heterocycles. The predicted octanol–water partition coefficient (Wildman–Crippen LogP) is 5.15. The van der Waals surface area contributed by atoms with E-state index >= 15 is 0 Å². The molecule has 0 radical (unpaired) electrons. The highest BCUT2D eigenvalue weighted by Gasteiger charge is 2.15. The molecule has 23 heavy (non-hydrogen) atoms. The Labute approximate surface area is 137 Å². The summed E-state index contributed by atoms with van der Waals surface area (Å²) in [6.45, 7) is 6.32. The quantitative estimate of drug-likeness (QED) is 0.768. The van der Waals surface area contributed by atoms with Gasteiger partial charge < -0.3 is 4.74 Å². The van der Waals surface area contributed by atoms with Crippen molar-refractivity contribution in [3.63, 3.8) is 0 Å². The van der Waals surface area contributed by atoms with Gasteiger partial charge in [0, 0.05) is 0 Å². The largest absolute Gasteiger partial charge is 0.486 e. The minimum atomic E-state index is 0.455. The predicted molar refractivity (Wildman–Crippen MR) is 96.4 cm³/mol. The zero-order valence-corrected chi connectivity index (χ0v) is 13.2. The van der Waals surface area contributed by atoms with Crippen molar-refractivity contribution in [2.75, 3.05) is 6.61 Å². The Bertz CT molecular complexity index is 780. The van der Waals surface area contributed by atoms with E-state index in [1.54, 1.807) is 0 Å². The Balaban J connectivity index is 1.89. The monoisotopic (exact) mass is 301 g/mol. The molecule has 2 heteroatoms. The molecule has 1 aliphatic heterocycles. The molecule has 0 aliphatic carbocycles. The van der Waals surface area contributed by atoms with Gasteiger partial charge in [-0.2, -0.15) is 0 Å². The lowest BCUT2D eigenvalue weighted by Gasteiger charge is -2.18. The summed E-state index contributed by atoms with van der Waals surface area (Å²) in [6, 6.07) is 18.8. The third-order valence-electron chi connectivity index (χ3n) is 3.70. The lowest BCUT2D eigenvalue weighted by atomic mass is 10.0. The highest BCUT2D eigenvalue weighted by molar-refractivity contribution is 6.03. The molecular weight excluding hydrogens is 282 g/mol. The highest BCUT2D eigenvalue weighted by Crippen LogP contribution is 2.23. The molecule has 2 aromatic rings. The number of hydrogen-bond donors (Lipinski definition) is 0. The van der Waals surface area contributed by atoms with Crippen molar-refractivity contribution in [1.82, 2.24) is 0 Å². The summed E-state index contributed by atoms with van der Waals surface area (Å²) in [5, 5.41) is 0. The average Bonchev–Trinajstić information content (AvgIpc) is 2.62. The van der Waals surface area contributed by atoms with Crippen LogP contribution in [0.4, 0.5) is 0 Å². The third kappa shape index (κ3) is 3.49. The van der Waals surface area contributed by atoms with Gasteiger partial charge in [0.05, 0.1) is 5.71 Å². The molecule has 0 spiro atoms. The van der Waals surface area contributed by atoms with Gasteiger partial charge in [0.2, 0.25) is 0 Å². The molecule has 0 saturated carbocycles. The lowest BCUT2D eigenvalue weighted by Crippen LogP contribution is -2.16. The molecule has 0 fully saturated rings. The van der Waals surface area contributed by atoms with Crippen molar-refractivity contribution in [3.05, 3.63) is 96.4 Å². The maximum absolute atomic E-state index is 5.64. The molecule has 2 nitrogen and oxygen atoms in total. The van der Waals surface area contributed by atoms with Gasteiger partial charge in [0.15, 0.2) is 0 Å². The first-order valence-corrected chi connectivity index (χ1v) is 7.66. The van der Waals surface area contributed by atoms with Gasteiger partial charge in [-0.3, -0.25) is 0 Å². The van der Waals surface area contributed by atoms with Crippen LogP contribution in [0.5, 0.6) is 0 Å². The molecule has 0 atom stereocenters. The number of nitrogens with zero attached hydrogens (tertiary/aromatic N) is 1. The number of rotatable bonds is 3. The van der Waals surface area contributed by atoms with Crippen molar-refractivity contribution >= 4 is 5.71 Å². The van der Waals surface area contributed by atoms with Crippen LogP contribution in [0.3, 0.4) is 0 Å². The van der Waals surface area contributed by atoms with Crippen LogP contribution in [0.25, 0.3) is 11.1 Å². The molecule has 3 rings (SSSR count). The molecule has 2 aromatic carbocycles. The van der Waals surface area contributed by atoms with Crippen LogP contribution in [-0.2, 0) is 4.74 Å². The summed E-state index contributed by atoms with van der Waals surface area (Å²) in [7, 11) is 0. The van der Waals surface area contributed by atoms with Gasteiger partial charge in [-0.15, -0.1) is 0 Å². The summed E-state index contributed by atoms with van der Waals surface area (Å²) in [5.74, 6) is 0.618. The fraction of sp³-hybridized carbons (Fsp3) is 0.0952. The summed E-state index contributed by atoms with van der Waals surface area (Å²) in [4.78, 5) is 4.67. The Hall–Kier alpha value is -2.87. The van der Waals surface area contributed by atoms with Gasteiger partial charge in [0.1, 0.15) is 18.1 Å². The van der Waals surface area contributed by atoms with Crippen LogP contribution in [0.2, 0.25) is 0 Å². The number of aliphatic imine (C=N–C) groups is 1. The van der Waals surface area contributed by atoms with E-state index in [0.29, 0.717) is 12.4 Å². The van der Waals surface area contributed by atoms with Crippen molar-refractivity contribution in [2.45, 2.75) is 6.92 Å². The first-order valence-electron chi connectivity index (χ1n) is 7.66. The Morgan fingerprint density at radius 1 is 0.957 bits per heavy atom. The smallest absolute Gasteiger partial charge is 0.138 e. The Morgan fingerprint density at radius 3 is 2.30 bits per heavy atom. The second-order valence-electron chi connectivity index (χ2n) is 5.29. The van der Waals surface area contributed by atoms with Crippen LogP contribution in [0.1, 0.15) is 12.5 Å². The third-order valence-corrected chi connectivity index (χ3v) is 3.70. The van der Waals surface area contributed by atoms with E-state index in [4.69, 9.17) is 4.74 Å². The molecule has 0 unspecified atom stereocenters. The van der Waals surface area contributed by atoms with Gasteiger partial charge in [-0.05, 0) is 29.7 Å². The highest BCUT2D eigenvalue weighted by atomic mass is 16.5. The molecule has 0 N–H and O–H groups in total.